The number of halogens is 1. The number of hydrogen-bond donors (Lipinski definition) is 0. The van der Waals surface area contributed by atoms with Crippen molar-refractivity contribution in [3.63, 3.8) is 0 Å². The quantitative estimate of drug-likeness (QED) is 0.149. The summed E-state index contributed by atoms with van der Waals surface area (Å²) in [6.45, 7) is 1.92. The largest absolute Gasteiger partial charge is 0.465 e. The predicted molar refractivity (Wildman–Crippen MR) is 142 cm³/mol. The van der Waals surface area contributed by atoms with Crippen LogP contribution in [0.3, 0.4) is 0 Å². The summed E-state index contributed by atoms with van der Waals surface area (Å²) >= 11 is 3.43. The Morgan fingerprint density at radius 2 is 1.67 bits per heavy atom. The first-order valence-electron chi connectivity index (χ1n) is 11.7. The van der Waals surface area contributed by atoms with Gasteiger partial charge in [-0.1, -0.05) is 70.5 Å². The number of ether oxygens (including phenoxy) is 2. The second-order valence-electron chi connectivity index (χ2n) is 8.35. The Balaban J connectivity index is 1.54. The molecule has 0 aromatic heterocycles. The molecule has 0 saturated carbocycles. The fourth-order valence-electron chi connectivity index (χ4n) is 4.22. The molecule has 2 atom stereocenters. The lowest BCUT2D eigenvalue weighted by molar-refractivity contribution is -0.151. The van der Waals surface area contributed by atoms with Crippen LogP contribution in [-0.4, -0.2) is 24.3 Å². The molecule has 36 heavy (non-hydrogen) atoms. The van der Waals surface area contributed by atoms with Crippen molar-refractivity contribution < 1.29 is 23.9 Å². The van der Waals surface area contributed by atoms with E-state index in [1.807, 2.05) is 54.6 Å². The van der Waals surface area contributed by atoms with Crippen LogP contribution in [0, 0.1) is 5.92 Å². The van der Waals surface area contributed by atoms with E-state index >= 15 is 0 Å². The Kier molecular flexibility index (Phi) is 8.28. The first kappa shape index (κ1) is 25.3. The van der Waals surface area contributed by atoms with Crippen molar-refractivity contribution in [2.45, 2.75) is 19.3 Å². The van der Waals surface area contributed by atoms with Crippen LogP contribution in [0.4, 0.5) is 0 Å². The third-order valence-corrected chi connectivity index (χ3v) is 6.49. The van der Waals surface area contributed by atoms with Gasteiger partial charge in [-0.3, -0.25) is 9.59 Å². The molecule has 0 amide bonds. The summed E-state index contributed by atoms with van der Waals surface area (Å²) in [5.41, 5.74) is 3.48. The van der Waals surface area contributed by atoms with Crippen LogP contribution in [-0.2, 0) is 19.1 Å². The lowest BCUT2D eigenvalue weighted by Gasteiger charge is -2.29. The molecule has 0 spiro atoms. The summed E-state index contributed by atoms with van der Waals surface area (Å²) in [7, 11) is 0. The Morgan fingerprint density at radius 3 is 2.33 bits per heavy atom. The Hall–Kier alpha value is -3.77. The molecule has 0 fully saturated rings. The predicted octanol–water partition coefficient (Wildman–Crippen LogP) is 6.39. The second kappa shape index (κ2) is 11.8. The van der Waals surface area contributed by atoms with E-state index in [0.717, 1.165) is 26.7 Å². The van der Waals surface area contributed by atoms with E-state index in [9.17, 15) is 14.4 Å². The molecule has 4 rings (SSSR count). The minimum Gasteiger partial charge on any atom is -0.465 e. The van der Waals surface area contributed by atoms with Gasteiger partial charge in [-0.15, -0.1) is 0 Å². The highest BCUT2D eigenvalue weighted by molar-refractivity contribution is 9.10. The first-order chi connectivity index (χ1) is 17.4. The molecular formula is C30H25BrO5. The van der Waals surface area contributed by atoms with E-state index < -0.39 is 23.8 Å². The zero-order valence-electron chi connectivity index (χ0n) is 19.7. The van der Waals surface area contributed by atoms with Crippen molar-refractivity contribution in [3.8, 4) is 5.75 Å². The molecule has 0 heterocycles. The standard InChI is InChI=1S/C30H25BrO5/c1-2-35-30(34)29-26(18-23(19-27(29)32)21-9-13-24(31)14-10-21)22-11-15-25(16-12-22)36-28(33)17-8-20-6-4-3-5-7-20/h3-17,19,26,29H,2,18H2,1H3/b17-8-. The molecule has 0 saturated heterocycles. The highest BCUT2D eigenvalue weighted by atomic mass is 79.9. The molecule has 0 N–H and O–H groups in total. The topological polar surface area (TPSA) is 69.7 Å². The van der Waals surface area contributed by atoms with E-state index in [-0.39, 0.29) is 12.4 Å². The number of rotatable bonds is 7. The van der Waals surface area contributed by atoms with Crippen LogP contribution in [0.25, 0.3) is 11.6 Å². The summed E-state index contributed by atoms with van der Waals surface area (Å²) < 4.78 is 11.6. The molecule has 1 aliphatic carbocycles. The maximum atomic E-state index is 13.1. The van der Waals surface area contributed by atoms with Gasteiger partial charge in [-0.05, 0) is 72.0 Å². The summed E-state index contributed by atoms with van der Waals surface area (Å²) in [5, 5.41) is 0. The van der Waals surface area contributed by atoms with Crippen molar-refractivity contribution in [1.29, 1.82) is 0 Å². The maximum absolute atomic E-state index is 13.1. The number of ketones is 1. The number of benzene rings is 3. The van der Waals surface area contributed by atoms with E-state index in [1.165, 1.54) is 6.08 Å². The van der Waals surface area contributed by atoms with Gasteiger partial charge in [-0.25, -0.2) is 4.79 Å². The first-order valence-corrected chi connectivity index (χ1v) is 12.5. The molecule has 1 aliphatic rings. The van der Waals surface area contributed by atoms with Gasteiger partial charge in [0, 0.05) is 16.5 Å². The normalized spacial score (nSPS) is 17.5. The van der Waals surface area contributed by atoms with E-state index in [2.05, 4.69) is 15.9 Å². The van der Waals surface area contributed by atoms with Gasteiger partial charge in [-0.2, -0.15) is 0 Å². The van der Waals surface area contributed by atoms with Crippen LogP contribution in [0.1, 0.15) is 36.0 Å². The van der Waals surface area contributed by atoms with Crippen LogP contribution in [0.5, 0.6) is 5.75 Å². The zero-order valence-corrected chi connectivity index (χ0v) is 21.3. The Morgan fingerprint density at radius 1 is 0.972 bits per heavy atom. The van der Waals surface area contributed by atoms with Crippen molar-refractivity contribution in [3.05, 3.63) is 112 Å². The maximum Gasteiger partial charge on any atom is 0.336 e. The monoisotopic (exact) mass is 544 g/mol. The van der Waals surface area contributed by atoms with Crippen LogP contribution in [0.2, 0.25) is 0 Å². The van der Waals surface area contributed by atoms with Gasteiger partial charge in [0.15, 0.2) is 5.78 Å². The fraction of sp³-hybridized carbons (Fsp3) is 0.167. The van der Waals surface area contributed by atoms with Gasteiger partial charge < -0.3 is 9.47 Å². The van der Waals surface area contributed by atoms with Crippen molar-refractivity contribution in [1.82, 2.24) is 0 Å². The van der Waals surface area contributed by atoms with E-state index in [1.54, 1.807) is 43.3 Å². The van der Waals surface area contributed by atoms with Crippen molar-refractivity contribution in [2.24, 2.45) is 5.92 Å². The van der Waals surface area contributed by atoms with Gasteiger partial charge >= 0.3 is 11.9 Å². The minimum absolute atomic E-state index is 0.198. The van der Waals surface area contributed by atoms with Crippen molar-refractivity contribution >= 4 is 45.3 Å². The Labute approximate surface area is 218 Å². The van der Waals surface area contributed by atoms with E-state index in [4.69, 9.17) is 9.47 Å². The summed E-state index contributed by atoms with van der Waals surface area (Å²) in [6.07, 6.45) is 5.10. The number of allylic oxidation sites excluding steroid dienone is 2. The molecular weight excluding hydrogens is 520 g/mol. The molecule has 3 aromatic rings. The summed E-state index contributed by atoms with van der Waals surface area (Å²) in [4.78, 5) is 38.0. The molecule has 182 valence electrons. The molecule has 0 aliphatic heterocycles. The highest BCUT2D eigenvalue weighted by Crippen LogP contribution is 2.41. The third-order valence-electron chi connectivity index (χ3n) is 5.96. The van der Waals surface area contributed by atoms with Gasteiger partial charge in [0.1, 0.15) is 11.7 Å². The van der Waals surface area contributed by atoms with Crippen LogP contribution >= 0.6 is 15.9 Å². The Bertz CT molecular complexity index is 1290. The number of esters is 2. The minimum atomic E-state index is -0.925. The lowest BCUT2D eigenvalue weighted by atomic mass is 9.73. The van der Waals surface area contributed by atoms with Crippen LogP contribution < -0.4 is 4.74 Å². The number of carbonyl (C=O) groups is 3. The summed E-state index contributed by atoms with van der Waals surface area (Å²) in [5.74, 6) is -2.25. The third kappa shape index (κ3) is 6.26. The number of carbonyl (C=O) groups excluding carboxylic acids is 3. The lowest BCUT2D eigenvalue weighted by Crippen LogP contribution is -2.34. The molecule has 0 bridgehead atoms. The molecule has 2 unspecified atom stereocenters. The SMILES string of the molecule is CCOC(=O)C1C(=O)C=C(c2ccc(Br)cc2)CC1c1ccc(OC(=O)/C=C\c2ccccc2)cc1. The molecule has 6 heteroatoms. The smallest absolute Gasteiger partial charge is 0.336 e. The molecule has 3 aromatic carbocycles. The molecule has 0 radical (unpaired) electrons. The highest BCUT2D eigenvalue weighted by Gasteiger charge is 2.39. The zero-order chi connectivity index (χ0) is 25.5. The van der Waals surface area contributed by atoms with Gasteiger partial charge in [0.2, 0.25) is 0 Å². The van der Waals surface area contributed by atoms with Crippen molar-refractivity contribution in [2.75, 3.05) is 6.61 Å². The molecule has 5 nitrogen and oxygen atoms in total. The second-order valence-corrected chi connectivity index (χ2v) is 9.27. The van der Waals surface area contributed by atoms with Gasteiger partial charge in [0.25, 0.3) is 0 Å². The fourth-order valence-corrected chi connectivity index (χ4v) is 4.49. The number of hydrogen-bond acceptors (Lipinski definition) is 5. The van der Waals surface area contributed by atoms with Gasteiger partial charge in [0.05, 0.1) is 6.61 Å². The van der Waals surface area contributed by atoms with Crippen LogP contribution in [0.15, 0.2) is 95.5 Å². The average Bonchev–Trinajstić information content (AvgIpc) is 2.88. The van der Waals surface area contributed by atoms with E-state index in [0.29, 0.717) is 12.2 Å². The summed E-state index contributed by atoms with van der Waals surface area (Å²) in [6, 6.07) is 24.1. The average molecular weight is 545 g/mol.